The minimum absolute atomic E-state index is 0.335. The first-order chi connectivity index (χ1) is 9.53. The number of carbonyl (C=O) groups is 1. The molecule has 0 fully saturated rings. The molecule has 21 heavy (non-hydrogen) atoms. The fraction of sp³-hybridized carbons (Fsp3) is 0.400. The van der Waals surface area contributed by atoms with Gasteiger partial charge in [0.1, 0.15) is 5.60 Å². The van der Waals surface area contributed by atoms with Crippen LogP contribution in [0.25, 0.3) is 6.08 Å². The molecule has 0 aliphatic rings. The summed E-state index contributed by atoms with van der Waals surface area (Å²) in [5.74, 6) is -0.586. The standard InChI is InChI=1S/C15H21BO5/c1-14(2,18)15(3,4)21-13(17)9-8-11-6-5-7-12(10-11)16(19)20/h5-10,18-20H,1-4H3/b9-8+. The normalized spacial score (nSPS) is 12.5. The molecule has 0 unspecified atom stereocenters. The van der Waals surface area contributed by atoms with Crippen LogP contribution in [-0.4, -0.2) is 39.4 Å². The van der Waals surface area contributed by atoms with Crippen molar-refractivity contribution in [3.63, 3.8) is 0 Å². The van der Waals surface area contributed by atoms with Crippen LogP contribution in [0.4, 0.5) is 0 Å². The number of hydrogen-bond acceptors (Lipinski definition) is 5. The van der Waals surface area contributed by atoms with E-state index in [9.17, 15) is 9.90 Å². The van der Waals surface area contributed by atoms with Gasteiger partial charge in [-0.1, -0.05) is 24.3 Å². The second kappa shape index (κ2) is 6.43. The summed E-state index contributed by atoms with van der Waals surface area (Å²) in [6.45, 7) is 6.38. The summed E-state index contributed by atoms with van der Waals surface area (Å²) in [4.78, 5) is 11.8. The highest BCUT2D eigenvalue weighted by Crippen LogP contribution is 2.25. The number of esters is 1. The van der Waals surface area contributed by atoms with E-state index in [1.54, 1.807) is 52.0 Å². The molecule has 3 N–H and O–H groups in total. The molecule has 0 saturated heterocycles. The van der Waals surface area contributed by atoms with Crippen molar-refractivity contribution in [3.8, 4) is 0 Å². The molecule has 0 aromatic heterocycles. The Kier molecular flexibility index (Phi) is 5.33. The predicted octanol–water partition coefficient (Wildman–Crippen LogP) is 0.472. The van der Waals surface area contributed by atoms with E-state index < -0.39 is 24.3 Å². The van der Waals surface area contributed by atoms with Crippen LogP contribution < -0.4 is 5.46 Å². The largest absolute Gasteiger partial charge is 0.488 e. The highest BCUT2D eigenvalue weighted by atomic mass is 16.6. The van der Waals surface area contributed by atoms with E-state index in [1.807, 2.05) is 0 Å². The van der Waals surface area contributed by atoms with Gasteiger partial charge in [0.2, 0.25) is 0 Å². The maximum atomic E-state index is 11.8. The van der Waals surface area contributed by atoms with Crippen molar-refractivity contribution >= 4 is 24.6 Å². The van der Waals surface area contributed by atoms with Crippen LogP contribution in [0.15, 0.2) is 30.3 Å². The summed E-state index contributed by atoms with van der Waals surface area (Å²) < 4.78 is 5.23. The fourth-order valence-electron chi connectivity index (χ4n) is 1.40. The van der Waals surface area contributed by atoms with Crippen molar-refractivity contribution in [2.24, 2.45) is 0 Å². The van der Waals surface area contributed by atoms with Crippen molar-refractivity contribution in [2.75, 3.05) is 0 Å². The van der Waals surface area contributed by atoms with Gasteiger partial charge in [0, 0.05) is 6.08 Å². The van der Waals surface area contributed by atoms with Crippen molar-refractivity contribution in [1.82, 2.24) is 0 Å². The molecule has 6 heteroatoms. The highest BCUT2D eigenvalue weighted by molar-refractivity contribution is 6.58. The van der Waals surface area contributed by atoms with Gasteiger partial charge in [0.25, 0.3) is 0 Å². The minimum Gasteiger partial charge on any atom is -0.453 e. The third kappa shape index (κ3) is 5.01. The Balaban J connectivity index is 2.77. The Hall–Kier alpha value is -1.63. The molecule has 1 rings (SSSR count). The Morgan fingerprint density at radius 1 is 1.24 bits per heavy atom. The lowest BCUT2D eigenvalue weighted by molar-refractivity contribution is -0.174. The third-order valence-corrected chi connectivity index (χ3v) is 3.45. The number of hydrogen-bond donors (Lipinski definition) is 3. The first kappa shape index (κ1) is 17.4. The van der Waals surface area contributed by atoms with Crippen LogP contribution in [-0.2, 0) is 9.53 Å². The van der Waals surface area contributed by atoms with Crippen LogP contribution in [0.5, 0.6) is 0 Å². The average Bonchev–Trinajstić information content (AvgIpc) is 2.35. The van der Waals surface area contributed by atoms with Gasteiger partial charge in [-0.3, -0.25) is 0 Å². The van der Waals surface area contributed by atoms with E-state index in [4.69, 9.17) is 14.8 Å². The van der Waals surface area contributed by atoms with E-state index in [0.29, 0.717) is 11.0 Å². The van der Waals surface area contributed by atoms with Crippen LogP contribution in [0, 0.1) is 0 Å². The average molecular weight is 292 g/mol. The predicted molar refractivity (Wildman–Crippen MR) is 81.8 cm³/mol. The quantitative estimate of drug-likeness (QED) is 0.417. The second-order valence-corrected chi connectivity index (χ2v) is 5.87. The molecule has 0 radical (unpaired) electrons. The SMILES string of the molecule is CC(C)(O)C(C)(C)OC(=O)/C=C/c1cccc(B(O)O)c1. The molecule has 0 bridgehead atoms. The molecule has 5 nitrogen and oxygen atoms in total. The molecular formula is C15H21BO5. The highest BCUT2D eigenvalue weighted by Gasteiger charge is 2.38. The summed E-state index contributed by atoms with van der Waals surface area (Å²) >= 11 is 0. The Morgan fingerprint density at radius 3 is 2.38 bits per heavy atom. The van der Waals surface area contributed by atoms with Gasteiger partial charge in [-0.2, -0.15) is 0 Å². The molecule has 0 amide bonds. The summed E-state index contributed by atoms with van der Waals surface area (Å²) in [6.07, 6.45) is 2.74. The molecule has 0 saturated carbocycles. The Morgan fingerprint density at radius 2 is 1.86 bits per heavy atom. The fourth-order valence-corrected chi connectivity index (χ4v) is 1.40. The van der Waals surface area contributed by atoms with E-state index in [-0.39, 0.29) is 0 Å². The van der Waals surface area contributed by atoms with E-state index >= 15 is 0 Å². The molecule has 114 valence electrons. The molecule has 0 spiro atoms. The number of aliphatic hydroxyl groups is 1. The second-order valence-electron chi connectivity index (χ2n) is 5.87. The van der Waals surface area contributed by atoms with Crippen LogP contribution in [0.3, 0.4) is 0 Å². The Labute approximate surface area is 125 Å². The summed E-state index contributed by atoms with van der Waals surface area (Å²) in [5.41, 5.74) is -1.23. The number of benzene rings is 1. The first-order valence-corrected chi connectivity index (χ1v) is 6.62. The van der Waals surface area contributed by atoms with E-state index in [0.717, 1.165) is 0 Å². The smallest absolute Gasteiger partial charge is 0.453 e. The Bertz CT molecular complexity index is 529. The zero-order valence-electron chi connectivity index (χ0n) is 12.7. The van der Waals surface area contributed by atoms with Gasteiger partial charge in [-0.25, -0.2) is 4.79 Å². The monoisotopic (exact) mass is 292 g/mol. The van der Waals surface area contributed by atoms with Gasteiger partial charge in [-0.05, 0) is 44.8 Å². The molecule has 1 aromatic carbocycles. The maximum absolute atomic E-state index is 11.8. The van der Waals surface area contributed by atoms with Crippen molar-refractivity contribution in [3.05, 3.63) is 35.9 Å². The van der Waals surface area contributed by atoms with Gasteiger partial charge in [0.15, 0.2) is 0 Å². The topological polar surface area (TPSA) is 87.0 Å². The zero-order chi connectivity index (χ0) is 16.3. The lowest BCUT2D eigenvalue weighted by Gasteiger charge is -2.36. The maximum Gasteiger partial charge on any atom is 0.488 e. The molecule has 1 aromatic rings. The van der Waals surface area contributed by atoms with Crippen molar-refractivity contribution in [2.45, 2.75) is 38.9 Å². The molecule has 0 atom stereocenters. The minimum atomic E-state index is -1.56. The lowest BCUT2D eigenvalue weighted by Crippen LogP contribution is -2.48. The molecular weight excluding hydrogens is 271 g/mol. The zero-order valence-corrected chi connectivity index (χ0v) is 12.7. The summed E-state index contributed by atoms with van der Waals surface area (Å²) in [5, 5.41) is 28.1. The number of carbonyl (C=O) groups excluding carboxylic acids is 1. The molecule has 0 aliphatic carbocycles. The number of ether oxygens (including phenoxy) is 1. The van der Waals surface area contributed by atoms with Crippen molar-refractivity contribution in [1.29, 1.82) is 0 Å². The van der Waals surface area contributed by atoms with Crippen LogP contribution >= 0.6 is 0 Å². The van der Waals surface area contributed by atoms with Gasteiger partial charge >= 0.3 is 13.1 Å². The lowest BCUT2D eigenvalue weighted by atomic mass is 9.79. The van der Waals surface area contributed by atoms with Crippen LogP contribution in [0.1, 0.15) is 33.3 Å². The first-order valence-electron chi connectivity index (χ1n) is 6.62. The van der Waals surface area contributed by atoms with Crippen molar-refractivity contribution < 1.29 is 24.7 Å². The number of rotatable bonds is 5. The van der Waals surface area contributed by atoms with Gasteiger partial charge < -0.3 is 19.9 Å². The third-order valence-electron chi connectivity index (χ3n) is 3.45. The van der Waals surface area contributed by atoms with Crippen LogP contribution in [0.2, 0.25) is 0 Å². The summed E-state index contributed by atoms with van der Waals surface area (Å²) in [7, 11) is -1.56. The molecule has 0 heterocycles. The van der Waals surface area contributed by atoms with E-state index in [2.05, 4.69) is 0 Å². The van der Waals surface area contributed by atoms with Gasteiger partial charge in [-0.15, -0.1) is 0 Å². The van der Waals surface area contributed by atoms with E-state index in [1.165, 1.54) is 12.2 Å². The van der Waals surface area contributed by atoms with Gasteiger partial charge in [0.05, 0.1) is 5.60 Å². The summed E-state index contributed by atoms with van der Waals surface area (Å²) in [6, 6.07) is 6.49. The molecule has 0 aliphatic heterocycles.